The minimum absolute atomic E-state index is 0.268. The van der Waals surface area contributed by atoms with Crippen molar-refractivity contribution in [3.05, 3.63) is 28.8 Å². The van der Waals surface area contributed by atoms with Gasteiger partial charge in [0, 0.05) is 19.2 Å². The van der Waals surface area contributed by atoms with Gasteiger partial charge in [0.15, 0.2) is 0 Å². The third-order valence-electron chi connectivity index (χ3n) is 3.81. The van der Waals surface area contributed by atoms with Crippen LogP contribution in [0.3, 0.4) is 0 Å². The molecule has 1 unspecified atom stereocenters. The van der Waals surface area contributed by atoms with E-state index < -0.39 is 0 Å². The first-order chi connectivity index (χ1) is 9.24. The number of hydrogen-bond acceptors (Lipinski definition) is 3. The number of methoxy groups -OCH3 is 1. The van der Waals surface area contributed by atoms with E-state index in [-0.39, 0.29) is 6.61 Å². The summed E-state index contributed by atoms with van der Waals surface area (Å²) in [7, 11) is 1.63. The number of piperidine rings is 1. The van der Waals surface area contributed by atoms with Gasteiger partial charge in [-0.3, -0.25) is 4.90 Å². The van der Waals surface area contributed by atoms with Crippen LogP contribution in [0.25, 0.3) is 0 Å². The van der Waals surface area contributed by atoms with Crippen LogP contribution in [0.2, 0.25) is 5.02 Å². The lowest BCUT2D eigenvalue weighted by Crippen LogP contribution is -2.39. The Balaban J connectivity index is 2.04. The van der Waals surface area contributed by atoms with Crippen LogP contribution in [0.1, 0.15) is 31.2 Å². The van der Waals surface area contributed by atoms with E-state index in [2.05, 4.69) is 11.0 Å². The fourth-order valence-corrected chi connectivity index (χ4v) is 3.07. The van der Waals surface area contributed by atoms with Crippen LogP contribution in [-0.4, -0.2) is 36.3 Å². The molecule has 1 saturated heterocycles. The number of aliphatic hydroxyl groups is 1. The molecule has 1 fully saturated rings. The molecule has 106 valence electrons. The van der Waals surface area contributed by atoms with E-state index in [1.54, 1.807) is 7.11 Å². The van der Waals surface area contributed by atoms with Gasteiger partial charge < -0.3 is 9.84 Å². The first-order valence-corrected chi connectivity index (χ1v) is 7.29. The van der Waals surface area contributed by atoms with Crippen molar-refractivity contribution in [2.24, 2.45) is 0 Å². The smallest absolute Gasteiger partial charge is 0.137 e. The lowest BCUT2D eigenvalue weighted by atomic mass is 9.99. The molecule has 0 spiro atoms. The Morgan fingerprint density at radius 2 is 2.26 bits per heavy atom. The number of ether oxygens (including phenoxy) is 1. The van der Waals surface area contributed by atoms with E-state index in [1.165, 1.54) is 24.8 Å². The summed E-state index contributed by atoms with van der Waals surface area (Å²) in [4.78, 5) is 2.46. The quantitative estimate of drug-likeness (QED) is 0.901. The van der Waals surface area contributed by atoms with E-state index in [1.807, 2.05) is 12.1 Å². The summed E-state index contributed by atoms with van der Waals surface area (Å²) < 4.78 is 5.17. The van der Waals surface area contributed by atoms with Gasteiger partial charge in [-0.15, -0.1) is 0 Å². The topological polar surface area (TPSA) is 32.7 Å². The molecule has 0 saturated carbocycles. The van der Waals surface area contributed by atoms with Gasteiger partial charge in [-0.25, -0.2) is 0 Å². The van der Waals surface area contributed by atoms with Crippen LogP contribution in [-0.2, 0) is 6.54 Å². The maximum absolute atomic E-state index is 9.15. The number of likely N-dealkylation sites (tertiary alicyclic amines) is 1. The molecular formula is C15H22ClNO2. The van der Waals surface area contributed by atoms with Gasteiger partial charge in [0.25, 0.3) is 0 Å². The molecule has 1 N–H and O–H groups in total. The molecule has 1 atom stereocenters. The second-order valence-corrected chi connectivity index (χ2v) is 5.51. The third kappa shape index (κ3) is 3.85. The highest BCUT2D eigenvalue weighted by molar-refractivity contribution is 6.32. The standard InChI is InChI=1S/C15H22ClNO2/c1-19-15-6-5-12(10-14(15)16)11-17-8-3-2-4-13(17)7-9-18/h5-6,10,13,18H,2-4,7-9,11H2,1H3. The lowest BCUT2D eigenvalue weighted by Gasteiger charge is -2.35. The monoisotopic (exact) mass is 283 g/mol. The predicted octanol–water partition coefficient (Wildman–Crippen LogP) is 3.09. The van der Waals surface area contributed by atoms with Crippen molar-refractivity contribution >= 4 is 11.6 Å². The average molecular weight is 284 g/mol. The zero-order valence-corrected chi connectivity index (χ0v) is 12.2. The second-order valence-electron chi connectivity index (χ2n) is 5.10. The largest absolute Gasteiger partial charge is 0.495 e. The van der Waals surface area contributed by atoms with Gasteiger partial charge >= 0.3 is 0 Å². The first-order valence-electron chi connectivity index (χ1n) is 6.92. The van der Waals surface area contributed by atoms with Crippen molar-refractivity contribution < 1.29 is 9.84 Å². The highest BCUT2D eigenvalue weighted by atomic mass is 35.5. The van der Waals surface area contributed by atoms with Crippen LogP contribution in [0.5, 0.6) is 5.75 Å². The van der Waals surface area contributed by atoms with E-state index in [4.69, 9.17) is 21.4 Å². The lowest BCUT2D eigenvalue weighted by molar-refractivity contribution is 0.112. The Morgan fingerprint density at radius 1 is 1.42 bits per heavy atom. The van der Waals surface area contributed by atoms with Gasteiger partial charge in [0.05, 0.1) is 12.1 Å². The summed E-state index contributed by atoms with van der Waals surface area (Å²) in [6.07, 6.45) is 4.56. The minimum atomic E-state index is 0.268. The normalized spacial score (nSPS) is 20.5. The van der Waals surface area contributed by atoms with Crippen molar-refractivity contribution in [1.82, 2.24) is 4.90 Å². The van der Waals surface area contributed by atoms with Crippen LogP contribution in [0.15, 0.2) is 18.2 Å². The molecule has 4 heteroatoms. The summed E-state index contributed by atoms with van der Waals surface area (Å²) in [6.45, 7) is 2.27. The van der Waals surface area contributed by atoms with Crippen molar-refractivity contribution in [3.8, 4) is 5.75 Å². The van der Waals surface area contributed by atoms with Gasteiger partial charge in [-0.1, -0.05) is 24.1 Å². The van der Waals surface area contributed by atoms with Crippen LogP contribution in [0.4, 0.5) is 0 Å². The Kier molecular flexibility index (Phi) is 5.49. The molecule has 1 aromatic carbocycles. The Morgan fingerprint density at radius 3 is 2.95 bits per heavy atom. The SMILES string of the molecule is COc1ccc(CN2CCCCC2CCO)cc1Cl. The summed E-state index contributed by atoms with van der Waals surface area (Å²) in [6, 6.07) is 6.46. The Hall–Kier alpha value is -0.770. The van der Waals surface area contributed by atoms with Crippen molar-refractivity contribution in [2.45, 2.75) is 38.3 Å². The molecular weight excluding hydrogens is 262 g/mol. The van der Waals surface area contributed by atoms with E-state index in [9.17, 15) is 0 Å². The highest BCUT2D eigenvalue weighted by Crippen LogP contribution is 2.27. The molecule has 19 heavy (non-hydrogen) atoms. The number of nitrogens with zero attached hydrogens (tertiary/aromatic N) is 1. The van der Waals surface area contributed by atoms with Crippen molar-refractivity contribution in [3.63, 3.8) is 0 Å². The average Bonchev–Trinajstić information content (AvgIpc) is 2.41. The molecule has 3 nitrogen and oxygen atoms in total. The summed E-state index contributed by atoms with van der Waals surface area (Å²) in [5.41, 5.74) is 1.20. The van der Waals surface area contributed by atoms with E-state index >= 15 is 0 Å². The highest BCUT2D eigenvalue weighted by Gasteiger charge is 2.21. The Bertz CT molecular complexity index is 409. The molecule has 2 rings (SSSR count). The second kappa shape index (κ2) is 7.13. The van der Waals surface area contributed by atoms with Gasteiger partial charge in [-0.2, -0.15) is 0 Å². The summed E-state index contributed by atoms with van der Waals surface area (Å²) >= 11 is 6.16. The van der Waals surface area contributed by atoms with E-state index in [0.717, 1.165) is 25.3 Å². The molecule has 1 aromatic rings. The predicted molar refractivity (Wildman–Crippen MR) is 77.8 cm³/mol. The number of hydrogen-bond donors (Lipinski definition) is 1. The van der Waals surface area contributed by atoms with Crippen LogP contribution in [0, 0.1) is 0 Å². The zero-order chi connectivity index (χ0) is 13.7. The van der Waals surface area contributed by atoms with Crippen molar-refractivity contribution in [1.29, 1.82) is 0 Å². The molecule has 0 aromatic heterocycles. The number of rotatable bonds is 5. The fraction of sp³-hybridized carbons (Fsp3) is 0.600. The molecule has 0 aliphatic carbocycles. The zero-order valence-electron chi connectivity index (χ0n) is 11.4. The molecule has 1 heterocycles. The fourth-order valence-electron chi connectivity index (χ4n) is 2.79. The van der Waals surface area contributed by atoms with Crippen LogP contribution < -0.4 is 4.74 Å². The maximum atomic E-state index is 9.15. The van der Waals surface area contributed by atoms with E-state index in [0.29, 0.717) is 11.1 Å². The Labute approximate surface area is 120 Å². The third-order valence-corrected chi connectivity index (χ3v) is 4.11. The van der Waals surface area contributed by atoms with Gasteiger partial charge in [-0.05, 0) is 43.5 Å². The maximum Gasteiger partial charge on any atom is 0.137 e. The van der Waals surface area contributed by atoms with Gasteiger partial charge in [0.2, 0.25) is 0 Å². The molecule has 0 radical (unpaired) electrons. The number of benzene rings is 1. The van der Waals surface area contributed by atoms with Crippen molar-refractivity contribution in [2.75, 3.05) is 20.3 Å². The summed E-state index contributed by atoms with van der Waals surface area (Å²) in [5, 5.41) is 9.81. The number of halogens is 1. The molecule has 0 amide bonds. The minimum Gasteiger partial charge on any atom is -0.495 e. The summed E-state index contributed by atoms with van der Waals surface area (Å²) in [5.74, 6) is 0.718. The first kappa shape index (κ1) is 14.6. The molecule has 0 bridgehead atoms. The van der Waals surface area contributed by atoms with Gasteiger partial charge in [0.1, 0.15) is 5.75 Å². The number of aliphatic hydroxyl groups excluding tert-OH is 1. The molecule has 1 aliphatic heterocycles. The van der Waals surface area contributed by atoms with Crippen LogP contribution >= 0.6 is 11.6 Å². The molecule has 1 aliphatic rings.